The van der Waals surface area contributed by atoms with Crippen molar-refractivity contribution in [3.8, 4) is 17.5 Å². The minimum Gasteiger partial charge on any atom is -0.381 e. The second-order valence-corrected chi connectivity index (χ2v) is 11.7. The third-order valence-electron chi connectivity index (χ3n) is 6.93. The van der Waals surface area contributed by atoms with Crippen LogP contribution in [0.2, 0.25) is 0 Å². The van der Waals surface area contributed by atoms with Crippen LogP contribution in [0.5, 0.6) is 0 Å². The quantitative estimate of drug-likeness (QED) is 0.237. The van der Waals surface area contributed by atoms with Crippen LogP contribution in [0.25, 0.3) is 22.1 Å². The Morgan fingerprint density at radius 2 is 1.89 bits per heavy atom. The maximum absolute atomic E-state index is 14.2. The van der Waals surface area contributed by atoms with Gasteiger partial charge in [0, 0.05) is 29.3 Å². The van der Waals surface area contributed by atoms with Crippen molar-refractivity contribution in [2.45, 2.75) is 13.0 Å². The first-order valence-corrected chi connectivity index (χ1v) is 14.9. The van der Waals surface area contributed by atoms with E-state index in [2.05, 4.69) is 32.3 Å². The van der Waals surface area contributed by atoms with Crippen molar-refractivity contribution < 1.29 is 13.2 Å². The van der Waals surface area contributed by atoms with Gasteiger partial charge in [-0.2, -0.15) is 9.19 Å². The summed E-state index contributed by atoms with van der Waals surface area (Å²) in [6.07, 6.45) is 5.76. The number of hydrogen-bond donors (Lipinski definition) is 3. The van der Waals surface area contributed by atoms with E-state index in [0.717, 1.165) is 4.09 Å². The molecule has 0 saturated carbocycles. The standard InChI is InChI=1S/C30H25N9O4S/c1-19(35-29(40)26-27(32)36-37-14-6-13-33-28(26)37)24-15-22-8-5-7-21(12-11-20-16-34-38(17-20)44(42,43)18-31)25(22)30(41)39(24)23-9-3-2-4-10-23/h2-10,13-17,19H,18,31H2,1H3,(H2,32,36)(H,35,40)/t19-/m0/s1. The number of aromatic nitrogens is 6. The fraction of sp³-hybridized carbons (Fsp3) is 0.100. The molecule has 0 aliphatic carbocycles. The predicted molar refractivity (Wildman–Crippen MR) is 164 cm³/mol. The van der Waals surface area contributed by atoms with Crippen LogP contribution in [0.3, 0.4) is 0 Å². The predicted octanol–water partition coefficient (Wildman–Crippen LogP) is 1.80. The SMILES string of the molecule is C[C@H](NC(=O)c1c(N)nn2cccnc12)c1cc2cccc(C#Cc3cnn(S(=O)(=O)CN)c3)c2c(=O)n1-c1ccccc1. The van der Waals surface area contributed by atoms with Gasteiger partial charge in [-0.1, -0.05) is 42.2 Å². The molecule has 0 saturated heterocycles. The first kappa shape index (κ1) is 28.3. The normalized spacial score (nSPS) is 12.1. The Labute approximate surface area is 250 Å². The number of benzene rings is 2. The highest BCUT2D eigenvalue weighted by Gasteiger charge is 2.24. The van der Waals surface area contributed by atoms with E-state index in [4.69, 9.17) is 11.5 Å². The molecule has 0 unspecified atom stereocenters. The average molecular weight is 608 g/mol. The molecule has 0 fully saturated rings. The van der Waals surface area contributed by atoms with E-state index in [-0.39, 0.29) is 16.9 Å². The van der Waals surface area contributed by atoms with Crippen molar-refractivity contribution in [2.75, 3.05) is 11.6 Å². The number of carbonyl (C=O) groups is 1. The zero-order valence-electron chi connectivity index (χ0n) is 23.2. The van der Waals surface area contributed by atoms with Crippen LogP contribution in [0, 0.1) is 11.8 Å². The minimum atomic E-state index is -3.77. The molecule has 4 aromatic heterocycles. The molecular formula is C30H25N9O4S. The first-order valence-electron chi connectivity index (χ1n) is 13.3. The number of hydrogen-bond acceptors (Lipinski definition) is 9. The maximum atomic E-state index is 14.2. The molecular weight excluding hydrogens is 582 g/mol. The van der Waals surface area contributed by atoms with Crippen LogP contribution in [0.4, 0.5) is 5.82 Å². The lowest BCUT2D eigenvalue weighted by Crippen LogP contribution is -2.32. The third-order valence-corrected chi connectivity index (χ3v) is 8.12. The topological polar surface area (TPSA) is 185 Å². The summed E-state index contributed by atoms with van der Waals surface area (Å²) < 4.78 is 27.8. The van der Waals surface area contributed by atoms with Crippen molar-refractivity contribution in [3.63, 3.8) is 0 Å². The van der Waals surface area contributed by atoms with E-state index in [0.29, 0.717) is 38.9 Å². The van der Waals surface area contributed by atoms with Crippen LogP contribution in [0.15, 0.2) is 90.2 Å². The highest BCUT2D eigenvalue weighted by atomic mass is 32.2. The summed E-state index contributed by atoms with van der Waals surface area (Å²) in [4.78, 5) is 31.9. The van der Waals surface area contributed by atoms with Gasteiger partial charge >= 0.3 is 0 Å². The van der Waals surface area contributed by atoms with Crippen molar-refractivity contribution in [2.24, 2.45) is 5.73 Å². The summed E-state index contributed by atoms with van der Waals surface area (Å²) in [7, 11) is -3.77. The Hall–Kier alpha value is -5.78. The van der Waals surface area contributed by atoms with E-state index in [1.54, 1.807) is 55.7 Å². The molecule has 1 amide bonds. The van der Waals surface area contributed by atoms with Gasteiger partial charge < -0.3 is 16.8 Å². The molecule has 0 aliphatic heterocycles. The molecule has 5 N–H and O–H groups in total. The van der Waals surface area contributed by atoms with Gasteiger partial charge in [0.2, 0.25) is 0 Å². The van der Waals surface area contributed by atoms with Crippen molar-refractivity contribution in [1.82, 2.24) is 33.7 Å². The number of para-hydroxylation sites is 1. The Kier molecular flexibility index (Phi) is 7.17. The number of nitrogens with two attached hydrogens (primary N) is 2. The van der Waals surface area contributed by atoms with E-state index in [1.165, 1.54) is 21.5 Å². The van der Waals surface area contributed by atoms with Gasteiger partial charge in [-0.3, -0.25) is 14.2 Å². The summed E-state index contributed by atoms with van der Waals surface area (Å²) >= 11 is 0. The lowest BCUT2D eigenvalue weighted by Gasteiger charge is -2.21. The van der Waals surface area contributed by atoms with Crippen LogP contribution in [0.1, 0.15) is 40.1 Å². The smallest absolute Gasteiger partial charge is 0.266 e. The van der Waals surface area contributed by atoms with Gasteiger partial charge in [0.1, 0.15) is 11.4 Å². The molecule has 4 heterocycles. The van der Waals surface area contributed by atoms with Gasteiger partial charge in [-0.25, -0.2) is 17.9 Å². The molecule has 6 rings (SSSR count). The zero-order valence-corrected chi connectivity index (χ0v) is 24.1. The molecule has 0 bridgehead atoms. The molecule has 220 valence electrons. The molecule has 1 atom stereocenters. The fourth-order valence-corrected chi connectivity index (χ4v) is 5.47. The second-order valence-electron chi connectivity index (χ2n) is 9.79. The van der Waals surface area contributed by atoms with Gasteiger partial charge in [-0.05, 0) is 42.6 Å². The van der Waals surface area contributed by atoms with Crippen LogP contribution >= 0.6 is 0 Å². The molecule has 0 spiro atoms. The third kappa shape index (κ3) is 5.06. The molecule has 13 nitrogen and oxygen atoms in total. The summed E-state index contributed by atoms with van der Waals surface area (Å²) in [5.41, 5.74) is 13.3. The summed E-state index contributed by atoms with van der Waals surface area (Å²) in [6, 6.07) is 17.1. The molecule has 2 aromatic carbocycles. The van der Waals surface area contributed by atoms with Crippen molar-refractivity contribution in [1.29, 1.82) is 0 Å². The Morgan fingerprint density at radius 1 is 1.09 bits per heavy atom. The van der Waals surface area contributed by atoms with Crippen molar-refractivity contribution in [3.05, 3.63) is 118 Å². The van der Waals surface area contributed by atoms with Gasteiger partial charge in [-0.15, -0.1) is 5.10 Å². The fourth-order valence-electron chi connectivity index (χ4n) is 4.85. The molecule has 0 radical (unpaired) electrons. The number of fused-ring (bicyclic) bond motifs is 2. The highest BCUT2D eigenvalue weighted by molar-refractivity contribution is 7.89. The Morgan fingerprint density at radius 3 is 2.66 bits per heavy atom. The zero-order chi connectivity index (χ0) is 31.0. The number of nitrogen functional groups attached to an aromatic ring is 1. The Bertz CT molecular complexity index is 2300. The number of anilines is 1. The van der Waals surface area contributed by atoms with Gasteiger partial charge in [0.25, 0.3) is 21.5 Å². The number of amides is 1. The summed E-state index contributed by atoms with van der Waals surface area (Å²) in [5, 5.41) is 11.9. The van der Waals surface area contributed by atoms with Gasteiger partial charge in [0.05, 0.1) is 29.4 Å². The van der Waals surface area contributed by atoms with Crippen LogP contribution in [-0.2, 0) is 10.0 Å². The largest absolute Gasteiger partial charge is 0.381 e. The number of carbonyl (C=O) groups excluding carboxylic acids is 1. The van der Waals surface area contributed by atoms with Crippen LogP contribution in [-0.4, -0.2) is 48.6 Å². The first-order chi connectivity index (χ1) is 21.2. The number of nitrogens with one attached hydrogen (secondary N) is 1. The number of nitrogens with zero attached hydrogens (tertiary/aromatic N) is 6. The molecule has 6 aromatic rings. The number of rotatable bonds is 6. The molecule has 14 heteroatoms. The van der Waals surface area contributed by atoms with Crippen LogP contribution < -0.4 is 22.3 Å². The van der Waals surface area contributed by atoms with E-state index < -0.39 is 27.8 Å². The maximum Gasteiger partial charge on any atom is 0.266 e. The summed E-state index contributed by atoms with van der Waals surface area (Å²) in [6.45, 7) is 1.77. The van der Waals surface area contributed by atoms with Crippen molar-refractivity contribution >= 4 is 38.2 Å². The second kappa shape index (κ2) is 11.1. The number of pyridine rings is 1. The van der Waals surface area contributed by atoms with E-state index >= 15 is 0 Å². The van der Waals surface area contributed by atoms with E-state index in [1.807, 2.05) is 24.3 Å². The minimum absolute atomic E-state index is 0.0294. The lowest BCUT2D eigenvalue weighted by atomic mass is 10.0. The molecule has 0 aliphatic rings. The van der Waals surface area contributed by atoms with Gasteiger partial charge in [0.15, 0.2) is 11.5 Å². The Balaban J connectivity index is 1.45. The lowest BCUT2D eigenvalue weighted by molar-refractivity contribution is 0.0941. The molecule has 44 heavy (non-hydrogen) atoms. The highest BCUT2D eigenvalue weighted by Crippen LogP contribution is 2.24. The average Bonchev–Trinajstić information content (AvgIpc) is 3.64. The monoisotopic (exact) mass is 607 g/mol. The van der Waals surface area contributed by atoms with E-state index in [9.17, 15) is 18.0 Å². The summed E-state index contributed by atoms with van der Waals surface area (Å²) in [5.74, 6) is 4.81.